The van der Waals surface area contributed by atoms with Crippen LogP contribution in [0.25, 0.3) is 11.5 Å². The minimum atomic E-state index is -4.29. The van der Waals surface area contributed by atoms with Gasteiger partial charge in [-0.1, -0.05) is 28.3 Å². The molecule has 0 spiro atoms. The van der Waals surface area contributed by atoms with Crippen molar-refractivity contribution in [2.24, 2.45) is 0 Å². The summed E-state index contributed by atoms with van der Waals surface area (Å²) in [5, 5.41) is 17.4. The van der Waals surface area contributed by atoms with Crippen LogP contribution < -0.4 is 5.32 Å². The SMILES string of the molecule is FC(F)(F)CNc1nnc(SCc2noc(-c3ccsc3)n2)s1. The van der Waals surface area contributed by atoms with Gasteiger partial charge in [0, 0.05) is 5.38 Å². The van der Waals surface area contributed by atoms with Gasteiger partial charge in [-0.2, -0.15) is 29.5 Å². The van der Waals surface area contributed by atoms with E-state index < -0.39 is 12.7 Å². The molecule has 0 aliphatic carbocycles. The van der Waals surface area contributed by atoms with Crippen molar-refractivity contribution >= 4 is 39.6 Å². The molecule has 6 nitrogen and oxygen atoms in total. The summed E-state index contributed by atoms with van der Waals surface area (Å²) >= 11 is 3.85. The van der Waals surface area contributed by atoms with Gasteiger partial charge in [-0.3, -0.25) is 0 Å². The lowest BCUT2D eigenvalue weighted by atomic mass is 10.3. The molecule has 12 heteroatoms. The van der Waals surface area contributed by atoms with Crippen LogP contribution in [0.4, 0.5) is 18.3 Å². The Hall–Kier alpha value is -1.66. The van der Waals surface area contributed by atoms with Crippen LogP contribution in [0.3, 0.4) is 0 Å². The van der Waals surface area contributed by atoms with E-state index in [0.29, 0.717) is 21.8 Å². The minimum absolute atomic E-state index is 0.122. The Balaban J connectivity index is 1.54. The third-order valence-electron chi connectivity index (χ3n) is 2.41. The van der Waals surface area contributed by atoms with Gasteiger partial charge >= 0.3 is 6.18 Å². The van der Waals surface area contributed by atoms with Crippen molar-refractivity contribution in [3.05, 3.63) is 22.7 Å². The first kappa shape index (κ1) is 16.2. The highest BCUT2D eigenvalue weighted by atomic mass is 32.2. The molecule has 3 aromatic rings. The van der Waals surface area contributed by atoms with Gasteiger partial charge in [-0.05, 0) is 11.4 Å². The summed E-state index contributed by atoms with van der Waals surface area (Å²) in [4.78, 5) is 4.24. The number of thioether (sulfide) groups is 1. The fraction of sp³-hybridized carbons (Fsp3) is 0.273. The number of halogens is 3. The summed E-state index contributed by atoms with van der Waals surface area (Å²) < 4.78 is 42.0. The molecule has 0 unspecified atom stereocenters. The first-order valence-electron chi connectivity index (χ1n) is 6.12. The van der Waals surface area contributed by atoms with Gasteiger partial charge in [0.05, 0.1) is 11.3 Å². The van der Waals surface area contributed by atoms with E-state index >= 15 is 0 Å². The fourth-order valence-corrected chi connectivity index (χ4v) is 3.68. The Kier molecular flexibility index (Phi) is 4.82. The molecule has 1 N–H and O–H groups in total. The molecule has 3 aromatic heterocycles. The summed E-state index contributed by atoms with van der Waals surface area (Å²) in [6, 6.07) is 1.87. The number of alkyl halides is 3. The average molecular weight is 379 g/mol. The van der Waals surface area contributed by atoms with E-state index in [2.05, 4.69) is 25.7 Å². The molecule has 3 rings (SSSR count). The topological polar surface area (TPSA) is 76.7 Å². The normalized spacial score (nSPS) is 11.8. The van der Waals surface area contributed by atoms with Crippen molar-refractivity contribution in [3.8, 4) is 11.5 Å². The predicted octanol–water partition coefficient (Wildman–Crippen LogP) is 3.92. The molecular weight excluding hydrogens is 371 g/mol. The standard InChI is InChI=1S/C11H8F3N5OS3/c12-11(13,14)5-15-9-17-18-10(23-9)22-4-7-16-8(20-19-7)6-1-2-21-3-6/h1-3H,4-5H2,(H,15,17). The summed E-state index contributed by atoms with van der Waals surface area (Å²) in [6.45, 7) is -1.14. The minimum Gasteiger partial charge on any atom is -0.351 e. The molecule has 0 radical (unpaired) electrons. The smallest absolute Gasteiger partial charge is 0.351 e. The number of anilines is 1. The largest absolute Gasteiger partial charge is 0.405 e. The van der Waals surface area contributed by atoms with Crippen molar-refractivity contribution in [2.45, 2.75) is 16.3 Å². The Labute approximate surface area is 140 Å². The fourth-order valence-electron chi connectivity index (χ4n) is 1.46. The van der Waals surface area contributed by atoms with Crippen LogP contribution in [-0.4, -0.2) is 33.1 Å². The Morgan fingerprint density at radius 1 is 1.30 bits per heavy atom. The van der Waals surface area contributed by atoms with Gasteiger partial charge in [0.25, 0.3) is 5.89 Å². The number of rotatable bonds is 6. The van der Waals surface area contributed by atoms with E-state index in [1.165, 1.54) is 23.1 Å². The molecule has 0 bridgehead atoms. The molecule has 0 aromatic carbocycles. The van der Waals surface area contributed by atoms with Crippen LogP contribution in [-0.2, 0) is 5.75 Å². The molecular formula is C11H8F3N5OS3. The third-order valence-corrected chi connectivity index (χ3v) is 5.10. The van der Waals surface area contributed by atoms with Crippen LogP contribution >= 0.6 is 34.4 Å². The first-order valence-corrected chi connectivity index (χ1v) is 8.86. The quantitative estimate of drug-likeness (QED) is 0.651. The molecule has 23 heavy (non-hydrogen) atoms. The van der Waals surface area contributed by atoms with Crippen LogP contribution in [0, 0.1) is 0 Å². The summed E-state index contributed by atoms with van der Waals surface area (Å²) in [5.41, 5.74) is 0.855. The van der Waals surface area contributed by atoms with Crippen LogP contribution in [0.5, 0.6) is 0 Å². The van der Waals surface area contributed by atoms with E-state index in [0.717, 1.165) is 16.9 Å². The number of nitrogens with one attached hydrogen (secondary N) is 1. The van der Waals surface area contributed by atoms with Gasteiger partial charge in [0.2, 0.25) is 5.13 Å². The second kappa shape index (κ2) is 6.84. The number of nitrogens with zero attached hydrogens (tertiary/aromatic N) is 4. The zero-order chi connectivity index (χ0) is 16.3. The number of thiophene rings is 1. The predicted molar refractivity (Wildman–Crippen MR) is 81.6 cm³/mol. The zero-order valence-corrected chi connectivity index (χ0v) is 13.7. The highest BCUT2D eigenvalue weighted by molar-refractivity contribution is 8.00. The number of aromatic nitrogens is 4. The maximum atomic E-state index is 12.1. The second-order valence-electron chi connectivity index (χ2n) is 4.16. The molecule has 0 fully saturated rings. The van der Waals surface area contributed by atoms with E-state index in [-0.39, 0.29) is 5.13 Å². The zero-order valence-electron chi connectivity index (χ0n) is 11.2. The molecule has 0 atom stereocenters. The van der Waals surface area contributed by atoms with Gasteiger partial charge in [-0.25, -0.2) is 0 Å². The highest BCUT2D eigenvalue weighted by Crippen LogP contribution is 2.29. The highest BCUT2D eigenvalue weighted by Gasteiger charge is 2.27. The van der Waals surface area contributed by atoms with E-state index in [9.17, 15) is 13.2 Å². The maximum Gasteiger partial charge on any atom is 0.405 e. The molecule has 0 saturated heterocycles. The van der Waals surface area contributed by atoms with Gasteiger partial charge in [0.15, 0.2) is 10.2 Å². The lowest BCUT2D eigenvalue weighted by molar-refractivity contribution is -0.115. The van der Waals surface area contributed by atoms with Crippen LogP contribution in [0.2, 0.25) is 0 Å². The number of hydrogen-bond donors (Lipinski definition) is 1. The van der Waals surface area contributed by atoms with E-state index in [1.807, 2.05) is 16.8 Å². The average Bonchev–Trinajstić information content (AvgIpc) is 3.22. The third kappa shape index (κ3) is 4.65. The monoisotopic (exact) mass is 379 g/mol. The molecule has 3 heterocycles. The summed E-state index contributed by atoms with van der Waals surface area (Å²) in [5.74, 6) is 1.31. The molecule has 0 aliphatic rings. The second-order valence-corrected chi connectivity index (χ2v) is 7.14. The van der Waals surface area contributed by atoms with Crippen molar-refractivity contribution in [1.82, 2.24) is 20.3 Å². The van der Waals surface area contributed by atoms with E-state index in [4.69, 9.17) is 4.52 Å². The summed E-state index contributed by atoms with van der Waals surface area (Å²) in [6.07, 6.45) is -4.29. The maximum absolute atomic E-state index is 12.1. The first-order chi connectivity index (χ1) is 11.0. The molecule has 0 amide bonds. The van der Waals surface area contributed by atoms with Crippen LogP contribution in [0.15, 0.2) is 25.7 Å². The van der Waals surface area contributed by atoms with E-state index in [1.54, 1.807) is 0 Å². The summed E-state index contributed by atoms with van der Waals surface area (Å²) in [7, 11) is 0. The van der Waals surface area contributed by atoms with Gasteiger partial charge in [-0.15, -0.1) is 10.2 Å². The lowest BCUT2D eigenvalue weighted by Crippen LogP contribution is -2.21. The Bertz CT molecular complexity index is 755. The number of hydrogen-bond acceptors (Lipinski definition) is 9. The molecule has 0 saturated carbocycles. The lowest BCUT2D eigenvalue weighted by Gasteiger charge is -2.05. The van der Waals surface area contributed by atoms with Crippen molar-refractivity contribution in [2.75, 3.05) is 11.9 Å². The van der Waals surface area contributed by atoms with Crippen LogP contribution in [0.1, 0.15) is 5.82 Å². The molecule has 0 aliphatic heterocycles. The van der Waals surface area contributed by atoms with Gasteiger partial charge in [0.1, 0.15) is 6.54 Å². The van der Waals surface area contributed by atoms with Crippen molar-refractivity contribution < 1.29 is 17.7 Å². The molecule has 122 valence electrons. The van der Waals surface area contributed by atoms with Gasteiger partial charge < -0.3 is 9.84 Å². The Morgan fingerprint density at radius 2 is 2.17 bits per heavy atom. The van der Waals surface area contributed by atoms with Crippen molar-refractivity contribution in [1.29, 1.82) is 0 Å². The Morgan fingerprint density at radius 3 is 2.91 bits per heavy atom. The van der Waals surface area contributed by atoms with Crippen molar-refractivity contribution in [3.63, 3.8) is 0 Å².